The molecule has 96 valence electrons. The van der Waals surface area contributed by atoms with Gasteiger partial charge in [-0.25, -0.2) is 4.68 Å². The Hall–Kier alpha value is -1.01. The van der Waals surface area contributed by atoms with E-state index in [1.54, 1.807) is 0 Å². The van der Waals surface area contributed by atoms with Gasteiger partial charge < -0.3 is 5.11 Å². The molecule has 1 aromatic heterocycles. The highest BCUT2D eigenvalue weighted by Crippen LogP contribution is 2.34. The van der Waals surface area contributed by atoms with Gasteiger partial charge in [0.05, 0.1) is 18.2 Å². The van der Waals surface area contributed by atoms with Gasteiger partial charge in [0, 0.05) is 6.04 Å². The SMILES string of the molecule is CN1[C@H](CO)CC[C@@H]1c1nnnn1C(C)(C)C. The van der Waals surface area contributed by atoms with Gasteiger partial charge in [-0.3, -0.25) is 4.90 Å². The van der Waals surface area contributed by atoms with E-state index in [4.69, 9.17) is 0 Å². The zero-order valence-corrected chi connectivity index (χ0v) is 11.0. The first-order chi connectivity index (χ1) is 7.95. The van der Waals surface area contributed by atoms with Crippen LogP contribution >= 0.6 is 0 Å². The smallest absolute Gasteiger partial charge is 0.168 e. The van der Waals surface area contributed by atoms with E-state index in [9.17, 15) is 5.11 Å². The molecule has 0 aliphatic carbocycles. The maximum Gasteiger partial charge on any atom is 0.168 e. The van der Waals surface area contributed by atoms with Crippen molar-refractivity contribution in [2.75, 3.05) is 13.7 Å². The topological polar surface area (TPSA) is 67.1 Å². The lowest BCUT2D eigenvalue weighted by Gasteiger charge is -2.27. The van der Waals surface area contributed by atoms with Gasteiger partial charge in [0.1, 0.15) is 0 Å². The number of aliphatic hydroxyl groups is 1. The maximum absolute atomic E-state index is 9.28. The van der Waals surface area contributed by atoms with Gasteiger partial charge in [-0.15, -0.1) is 5.10 Å². The summed E-state index contributed by atoms with van der Waals surface area (Å²) < 4.78 is 1.88. The van der Waals surface area contributed by atoms with Crippen molar-refractivity contribution in [2.45, 2.75) is 51.2 Å². The second-order valence-corrected chi connectivity index (χ2v) is 5.71. The Bertz CT molecular complexity index is 383. The Kier molecular flexibility index (Phi) is 3.18. The highest BCUT2D eigenvalue weighted by atomic mass is 16.3. The van der Waals surface area contributed by atoms with Gasteiger partial charge in [-0.1, -0.05) is 0 Å². The van der Waals surface area contributed by atoms with E-state index < -0.39 is 0 Å². The summed E-state index contributed by atoms with van der Waals surface area (Å²) >= 11 is 0. The second-order valence-electron chi connectivity index (χ2n) is 5.71. The monoisotopic (exact) mass is 239 g/mol. The fraction of sp³-hybridized carbons (Fsp3) is 0.909. The van der Waals surface area contributed by atoms with Crippen LogP contribution in [0.1, 0.15) is 45.5 Å². The van der Waals surface area contributed by atoms with Crippen molar-refractivity contribution in [2.24, 2.45) is 0 Å². The lowest BCUT2D eigenvalue weighted by Crippen LogP contribution is -2.34. The van der Waals surface area contributed by atoms with E-state index in [0.29, 0.717) is 0 Å². The van der Waals surface area contributed by atoms with Crippen LogP contribution in [0.5, 0.6) is 0 Å². The number of aromatic nitrogens is 4. The van der Waals surface area contributed by atoms with Crippen LogP contribution in [0.4, 0.5) is 0 Å². The lowest BCUT2D eigenvalue weighted by molar-refractivity contribution is 0.148. The van der Waals surface area contributed by atoms with Crippen LogP contribution in [0.2, 0.25) is 0 Å². The number of likely N-dealkylation sites (tertiary alicyclic amines) is 1. The molecule has 0 radical (unpaired) electrons. The maximum atomic E-state index is 9.28. The molecule has 6 nitrogen and oxygen atoms in total. The molecule has 0 aromatic carbocycles. The van der Waals surface area contributed by atoms with Crippen molar-refractivity contribution in [3.8, 4) is 0 Å². The molecule has 1 aliphatic heterocycles. The zero-order valence-electron chi connectivity index (χ0n) is 11.0. The highest BCUT2D eigenvalue weighted by molar-refractivity contribution is 5.01. The van der Waals surface area contributed by atoms with Gasteiger partial charge in [-0.2, -0.15) is 0 Å². The quantitative estimate of drug-likeness (QED) is 0.816. The molecule has 0 saturated carbocycles. The average Bonchev–Trinajstić information content (AvgIpc) is 2.82. The molecule has 1 N–H and O–H groups in total. The Morgan fingerprint density at radius 2 is 2.06 bits per heavy atom. The minimum Gasteiger partial charge on any atom is -0.395 e. The number of hydrogen-bond donors (Lipinski definition) is 1. The molecule has 1 aromatic rings. The van der Waals surface area contributed by atoms with Gasteiger partial charge >= 0.3 is 0 Å². The number of rotatable bonds is 2. The van der Waals surface area contributed by atoms with E-state index in [-0.39, 0.29) is 24.2 Å². The lowest BCUT2D eigenvalue weighted by atomic mass is 10.1. The summed E-state index contributed by atoms with van der Waals surface area (Å²) in [6.07, 6.45) is 1.99. The molecule has 0 amide bonds. The molecule has 2 atom stereocenters. The average molecular weight is 239 g/mol. The first kappa shape index (κ1) is 12.4. The van der Waals surface area contributed by atoms with Crippen molar-refractivity contribution in [3.05, 3.63) is 5.82 Å². The molecular weight excluding hydrogens is 218 g/mol. The van der Waals surface area contributed by atoms with Crippen molar-refractivity contribution < 1.29 is 5.11 Å². The molecule has 17 heavy (non-hydrogen) atoms. The van der Waals surface area contributed by atoms with E-state index in [0.717, 1.165) is 18.7 Å². The number of likely N-dealkylation sites (N-methyl/N-ethyl adjacent to an activating group) is 1. The van der Waals surface area contributed by atoms with Crippen LogP contribution in [0, 0.1) is 0 Å². The summed E-state index contributed by atoms with van der Waals surface area (Å²) in [6.45, 7) is 6.46. The molecular formula is C11H21N5O. The molecule has 1 fully saturated rings. The highest BCUT2D eigenvalue weighted by Gasteiger charge is 2.36. The summed E-state index contributed by atoms with van der Waals surface area (Å²) in [5.74, 6) is 0.899. The minimum absolute atomic E-state index is 0.114. The first-order valence-corrected chi connectivity index (χ1v) is 6.06. The summed E-state index contributed by atoms with van der Waals surface area (Å²) in [5.41, 5.74) is -0.114. The molecule has 0 unspecified atom stereocenters. The number of hydrogen-bond acceptors (Lipinski definition) is 5. The second kappa shape index (κ2) is 4.34. The Morgan fingerprint density at radius 1 is 1.35 bits per heavy atom. The van der Waals surface area contributed by atoms with Crippen molar-refractivity contribution in [1.82, 2.24) is 25.1 Å². The Labute approximate surface area is 102 Å². The van der Waals surface area contributed by atoms with E-state index in [1.165, 1.54) is 0 Å². The van der Waals surface area contributed by atoms with Crippen LogP contribution in [0.3, 0.4) is 0 Å². The normalized spacial score (nSPS) is 26.6. The molecule has 6 heteroatoms. The molecule has 0 spiro atoms. The first-order valence-electron chi connectivity index (χ1n) is 6.06. The predicted molar refractivity (Wildman–Crippen MR) is 63.4 cm³/mol. The summed E-state index contributed by atoms with van der Waals surface area (Å²) in [6, 6.07) is 0.437. The summed E-state index contributed by atoms with van der Waals surface area (Å²) in [4.78, 5) is 2.17. The van der Waals surface area contributed by atoms with Crippen LogP contribution in [-0.2, 0) is 5.54 Å². The molecule has 1 saturated heterocycles. The van der Waals surface area contributed by atoms with Crippen LogP contribution in [-0.4, -0.2) is 49.9 Å². The molecule has 1 aliphatic rings. The largest absolute Gasteiger partial charge is 0.395 e. The van der Waals surface area contributed by atoms with Gasteiger partial charge in [-0.05, 0) is 51.1 Å². The third kappa shape index (κ3) is 2.19. The van der Waals surface area contributed by atoms with E-state index in [2.05, 4.69) is 41.2 Å². The fourth-order valence-electron chi connectivity index (χ4n) is 2.42. The number of aliphatic hydroxyl groups excluding tert-OH is 1. The minimum atomic E-state index is -0.114. The van der Waals surface area contributed by atoms with Crippen LogP contribution in [0.15, 0.2) is 0 Å². The summed E-state index contributed by atoms with van der Waals surface area (Å²) in [5, 5.41) is 21.3. The van der Waals surface area contributed by atoms with Crippen molar-refractivity contribution in [1.29, 1.82) is 0 Å². The van der Waals surface area contributed by atoms with Crippen LogP contribution in [0.25, 0.3) is 0 Å². The third-order valence-corrected chi connectivity index (χ3v) is 3.48. The van der Waals surface area contributed by atoms with Crippen molar-refractivity contribution in [3.63, 3.8) is 0 Å². The van der Waals surface area contributed by atoms with Crippen molar-refractivity contribution >= 4 is 0 Å². The van der Waals surface area contributed by atoms with Gasteiger partial charge in [0.15, 0.2) is 5.82 Å². The van der Waals surface area contributed by atoms with Gasteiger partial charge in [0.25, 0.3) is 0 Å². The standard InChI is InChI=1S/C11H21N5O/c1-11(2,3)16-10(12-13-14-16)9-6-5-8(7-17)15(9)4/h8-9,17H,5-7H2,1-4H3/t8-,9+/m0/s1. The molecule has 2 rings (SSSR count). The predicted octanol–water partition coefficient (Wildman–Crippen LogP) is 0.556. The number of tetrazole rings is 1. The van der Waals surface area contributed by atoms with E-state index in [1.807, 2.05) is 11.7 Å². The van der Waals surface area contributed by atoms with E-state index >= 15 is 0 Å². The van der Waals surface area contributed by atoms with Gasteiger partial charge in [0.2, 0.25) is 0 Å². The Balaban J connectivity index is 2.27. The molecule has 2 heterocycles. The molecule has 0 bridgehead atoms. The third-order valence-electron chi connectivity index (χ3n) is 3.48. The summed E-state index contributed by atoms with van der Waals surface area (Å²) in [7, 11) is 2.03. The zero-order chi connectivity index (χ0) is 12.6. The fourth-order valence-corrected chi connectivity index (χ4v) is 2.42. The Morgan fingerprint density at radius 3 is 2.59 bits per heavy atom. The number of nitrogens with zero attached hydrogens (tertiary/aromatic N) is 5. The van der Waals surface area contributed by atoms with Crippen LogP contribution < -0.4 is 0 Å².